The first kappa shape index (κ1) is 20.1. The van der Waals surface area contributed by atoms with Crippen LogP contribution >= 0.6 is 0 Å². The number of nitrogens with one attached hydrogen (secondary N) is 1. The van der Waals surface area contributed by atoms with Gasteiger partial charge in [0, 0.05) is 0 Å². The Labute approximate surface area is 163 Å². The van der Waals surface area contributed by atoms with Crippen molar-refractivity contribution in [2.24, 2.45) is 0 Å². The normalized spacial score (nSPS) is 15.1. The maximum absolute atomic E-state index is 12.7. The lowest BCUT2D eigenvalue weighted by Gasteiger charge is -2.23. The van der Waals surface area contributed by atoms with Crippen molar-refractivity contribution in [1.29, 1.82) is 0 Å². The first-order valence-corrected chi connectivity index (χ1v) is 10.1. The lowest BCUT2D eigenvalue weighted by molar-refractivity contribution is -0.148. The van der Waals surface area contributed by atoms with Crippen LogP contribution in [0.2, 0.25) is 0 Å². The summed E-state index contributed by atoms with van der Waals surface area (Å²) >= 11 is 0. The standard InChI is InChI=1S/C19H21NO7S/c1-3-25-19(22)17(20-28(23,24)14-7-4-12(2)5-8-14)18(21)13-6-9-15-16(10-13)27-11-26-15/h4-10,17-18,20-21H,3,11H2,1-2H3/t17-,18+/m0/s1. The molecule has 1 aliphatic rings. The monoisotopic (exact) mass is 407 g/mol. The molecule has 2 aromatic carbocycles. The van der Waals surface area contributed by atoms with Crippen LogP contribution in [0.5, 0.6) is 11.5 Å². The molecule has 1 aliphatic heterocycles. The number of aliphatic hydroxyl groups excluding tert-OH is 1. The van der Waals surface area contributed by atoms with E-state index in [4.69, 9.17) is 14.2 Å². The average Bonchev–Trinajstić information content (AvgIpc) is 3.14. The SMILES string of the molecule is CCOC(=O)[C@@H](NS(=O)(=O)c1ccc(C)cc1)[C@H](O)c1ccc2c(c1)OCO2. The first-order valence-electron chi connectivity index (χ1n) is 8.65. The Balaban J connectivity index is 1.90. The van der Waals surface area contributed by atoms with E-state index in [0.717, 1.165) is 5.56 Å². The van der Waals surface area contributed by atoms with Crippen LogP contribution in [0, 0.1) is 6.92 Å². The molecular formula is C19H21NO7S. The summed E-state index contributed by atoms with van der Waals surface area (Å²) in [6.07, 6.45) is -1.49. The largest absolute Gasteiger partial charge is 0.465 e. The smallest absolute Gasteiger partial charge is 0.327 e. The Hall–Kier alpha value is -2.62. The highest BCUT2D eigenvalue weighted by atomic mass is 32.2. The quantitative estimate of drug-likeness (QED) is 0.672. The fourth-order valence-corrected chi connectivity index (χ4v) is 3.91. The highest BCUT2D eigenvalue weighted by Crippen LogP contribution is 2.35. The Morgan fingerprint density at radius 1 is 1.18 bits per heavy atom. The van der Waals surface area contributed by atoms with Crippen molar-refractivity contribution in [1.82, 2.24) is 4.72 Å². The van der Waals surface area contributed by atoms with E-state index < -0.39 is 28.1 Å². The number of aryl methyl sites for hydroxylation is 1. The van der Waals surface area contributed by atoms with Gasteiger partial charge in [0.25, 0.3) is 0 Å². The molecule has 3 rings (SSSR count). The van der Waals surface area contributed by atoms with Crippen LogP contribution in [0.1, 0.15) is 24.2 Å². The van der Waals surface area contributed by atoms with E-state index >= 15 is 0 Å². The van der Waals surface area contributed by atoms with Gasteiger partial charge < -0.3 is 19.3 Å². The number of carbonyl (C=O) groups is 1. The van der Waals surface area contributed by atoms with Crippen molar-refractivity contribution < 1.29 is 32.5 Å². The van der Waals surface area contributed by atoms with Crippen LogP contribution in [-0.4, -0.2) is 38.9 Å². The van der Waals surface area contributed by atoms with Crippen LogP contribution in [0.4, 0.5) is 0 Å². The van der Waals surface area contributed by atoms with Gasteiger partial charge in [-0.05, 0) is 43.7 Å². The van der Waals surface area contributed by atoms with E-state index in [1.54, 1.807) is 25.1 Å². The minimum atomic E-state index is -4.07. The lowest BCUT2D eigenvalue weighted by atomic mass is 10.0. The minimum absolute atomic E-state index is 0.0229. The fourth-order valence-electron chi connectivity index (χ4n) is 2.72. The summed E-state index contributed by atoms with van der Waals surface area (Å²) in [6, 6.07) is 9.21. The number of benzene rings is 2. The third-order valence-electron chi connectivity index (χ3n) is 4.21. The molecule has 2 N–H and O–H groups in total. The number of aliphatic hydroxyl groups is 1. The molecule has 0 saturated heterocycles. The number of rotatable bonds is 7. The van der Waals surface area contributed by atoms with Gasteiger partial charge >= 0.3 is 5.97 Å². The molecule has 0 spiro atoms. The van der Waals surface area contributed by atoms with E-state index in [2.05, 4.69) is 4.72 Å². The number of esters is 1. The van der Waals surface area contributed by atoms with Gasteiger partial charge in [-0.25, -0.2) is 8.42 Å². The predicted octanol–water partition coefficient (Wildman–Crippen LogP) is 1.67. The van der Waals surface area contributed by atoms with Crippen molar-refractivity contribution in [2.75, 3.05) is 13.4 Å². The molecule has 28 heavy (non-hydrogen) atoms. The van der Waals surface area contributed by atoms with Gasteiger partial charge in [0.2, 0.25) is 16.8 Å². The summed E-state index contributed by atoms with van der Waals surface area (Å²) in [5.41, 5.74) is 1.18. The van der Waals surface area contributed by atoms with Crippen molar-refractivity contribution in [3.05, 3.63) is 53.6 Å². The second kappa shape index (κ2) is 8.17. The molecule has 0 amide bonds. The van der Waals surface area contributed by atoms with Gasteiger partial charge in [0.1, 0.15) is 12.1 Å². The van der Waals surface area contributed by atoms with Crippen molar-refractivity contribution in [3.8, 4) is 11.5 Å². The molecular weight excluding hydrogens is 386 g/mol. The van der Waals surface area contributed by atoms with Crippen LogP contribution in [0.25, 0.3) is 0 Å². The average molecular weight is 407 g/mol. The number of hydrogen-bond acceptors (Lipinski definition) is 7. The summed E-state index contributed by atoms with van der Waals surface area (Å²) in [6.45, 7) is 3.51. The van der Waals surface area contributed by atoms with Crippen molar-refractivity contribution in [2.45, 2.75) is 30.9 Å². The Morgan fingerprint density at radius 2 is 1.86 bits per heavy atom. The highest BCUT2D eigenvalue weighted by molar-refractivity contribution is 7.89. The molecule has 1 heterocycles. The molecule has 0 fully saturated rings. The van der Waals surface area contributed by atoms with Crippen molar-refractivity contribution in [3.63, 3.8) is 0 Å². The summed E-state index contributed by atoms with van der Waals surface area (Å²) < 4.78 is 43.1. The number of sulfonamides is 1. The summed E-state index contributed by atoms with van der Waals surface area (Å²) in [5.74, 6) is 0.0211. The summed E-state index contributed by atoms with van der Waals surface area (Å²) in [7, 11) is -4.07. The second-order valence-electron chi connectivity index (χ2n) is 6.22. The van der Waals surface area contributed by atoms with Crippen LogP contribution < -0.4 is 14.2 Å². The van der Waals surface area contributed by atoms with Gasteiger partial charge in [-0.2, -0.15) is 4.72 Å². The zero-order valence-corrected chi connectivity index (χ0v) is 16.2. The Bertz CT molecular complexity index is 957. The summed E-state index contributed by atoms with van der Waals surface area (Å²) in [5, 5.41) is 10.7. The maximum atomic E-state index is 12.7. The molecule has 8 nitrogen and oxygen atoms in total. The molecule has 150 valence electrons. The van der Waals surface area contributed by atoms with Gasteiger partial charge in [-0.1, -0.05) is 23.8 Å². The van der Waals surface area contributed by atoms with Crippen LogP contribution in [0.15, 0.2) is 47.4 Å². The molecule has 0 bridgehead atoms. The van der Waals surface area contributed by atoms with E-state index in [1.807, 2.05) is 6.92 Å². The Morgan fingerprint density at radius 3 is 2.54 bits per heavy atom. The minimum Gasteiger partial charge on any atom is -0.465 e. The van der Waals surface area contributed by atoms with E-state index in [-0.39, 0.29) is 23.9 Å². The lowest BCUT2D eigenvalue weighted by Crippen LogP contribution is -2.45. The zero-order chi connectivity index (χ0) is 20.3. The maximum Gasteiger partial charge on any atom is 0.327 e. The second-order valence-corrected chi connectivity index (χ2v) is 7.94. The summed E-state index contributed by atoms with van der Waals surface area (Å²) in [4.78, 5) is 12.4. The molecule has 0 aliphatic carbocycles. The zero-order valence-electron chi connectivity index (χ0n) is 15.4. The molecule has 0 unspecified atom stereocenters. The topological polar surface area (TPSA) is 111 Å². The van der Waals surface area contributed by atoms with Crippen molar-refractivity contribution >= 4 is 16.0 Å². The number of carbonyl (C=O) groups excluding carboxylic acids is 1. The van der Waals surface area contributed by atoms with Gasteiger partial charge in [-0.15, -0.1) is 0 Å². The third kappa shape index (κ3) is 4.27. The van der Waals surface area contributed by atoms with Crippen LogP contribution in [-0.2, 0) is 19.6 Å². The number of fused-ring (bicyclic) bond motifs is 1. The third-order valence-corrected chi connectivity index (χ3v) is 5.66. The van der Waals surface area contributed by atoms with Gasteiger partial charge in [-0.3, -0.25) is 4.79 Å². The Kier molecular flexibility index (Phi) is 5.87. The predicted molar refractivity (Wildman–Crippen MR) is 99.4 cm³/mol. The molecule has 9 heteroatoms. The van der Waals surface area contributed by atoms with E-state index in [0.29, 0.717) is 11.5 Å². The first-order chi connectivity index (χ1) is 13.3. The van der Waals surface area contributed by atoms with Gasteiger partial charge in [0.05, 0.1) is 11.5 Å². The fraction of sp³-hybridized carbons (Fsp3) is 0.316. The molecule has 0 aromatic heterocycles. The van der Waals surface area contributed by atoms with E-state index in [1.165, 1.54) is 24.3 Å². The molecule has 0 saturated carbocycles. The molecule has 2 aromatic rings. The number of ether oxygens (including phenoxy) is 3. The van der Waals surface area contributed by atoms with E-state index in [9.17, 15) is 18.3 Å². The molecule has 2 atom stereocenters. The molecule has 0 radical (unpaired) electrons. The van der Waals surface area contributed by atoms with Crippen LogP contribution in [0.3, 0.4) is 0 Å². The highest BCUT2D eigenvalue weighted by Gasteiger charge is 2.34. The van der Waals surface area contributed by atoms with Gasteiger partial charge in [0.15, 0.2) is 11.5 Å². The number of hydrogen-bond donors (Lipinski definition) is 2.